The monoisotopic (exact) mass is 324 g/mol. The van der Waals surface area contributed by atoms with Crippen molar-refractivity contribution in [2.45, 2.75) is 19.9 Å². The first kappa shape index (κ1) is 13.2. The Morgan fingerprint density at radius 3 is 2.72 bits per heavy atom. The molecular weight excluding hydrogens is 312 g/mol. The number of benzene rings is 1. The van der Waals surface area contributed by atoms with Crippen molar-refractivity contribution in [1.29, 1.82) is 0 Å². The van der Waals surface area contributed by atoms with E-state index in [0.29, 0.717) is 13.0 Å². The lowest BCUT2D eigenvalue weighted by Gasteiger charge is -2.03. The van der Waals surface area contributed by atoms with Crippen LogP contribution >= 0.6 is 27.3 Å². The van der Waals surface area contributed by atoms with E-state index in [9.17, 15) is 4.79 Å². The van der Waals surface area contributed by atoms with E-state index in [0.717, 1.165) is 19.9 Å². The van der Waals surface area contributed by atoms with Gasteiger partial charge in [-0.3, -0.25) is 4.79 Å². The number of halogens is 1. The van der Waals surface area contributed by atoms with Crippen LogP contribution in [0.1, 0.15) is 15.4 Å². The van der Waals surface area contributed by atoms with Gasteiger partial charge in [0.15, 0.2) is 0 Å². The fourth-order valence-corrected chi connectivity index (χ4v) is 2.50. The van der Waals surface area contributed by atoms with E-state index in [1.165, 1.54) is 0 Å². The molecule has 1 aromatic carbocycles. The van der Waals surface area contributed by atoms with Crippen LogP contribution in [0.3, 0.4) is 0 Å². The number of thiazole rings is 1. The zero-order chi connectivity index (χ0) is 13.0. The van der Waals surface area contributed by atoms with Crippen LogP contribution in [-0.4, -0.2) is 10.9 Å². The minimum Gasteiger partial charge on any atom is -0.349 e. The first-order valence-electron chi connectivity index (χ1n) is 5.56. The molecule has 2 rings (SSSR count). The predicted molar refractivity (Wildman–Crippen MR) is 76.5 cm³/mol. The maximum absolute atomic E-state index is 11.7. The lowest BCUT2D eigenvalue weighted by atomic mass is 10.1. The van der Waals surface area contributed by atoms with Gasteiger partial charge in [0.2, 0.25) is 5.91 Å². The molecular formula is C13H13BrN2OS. The van der Waals surface area contributed by atoms with Crippen molar-refractivity contribution in [1.82, 2.24) is 10.3 Å². The van der Waals surface area contributed by atoms with Gasteiger partial charge in [0, 0.05) is 15.5 Å². The lowest BCUT2D eigenvalue weighted by Crippen LogP contribution is -2.24. The summed E-state index contributed by atoms with van der Waals surface area (Å²) >= 11 is 4.97. The summed E-state index contributed by atoms with van der Waals surface area (Å²) in [6, 6.07) is 7.76. The van der Waals surface area contributed by atoms with Gasteiger partial charge in [0.25, 0.3) is 0 Å². The second kappa shape index (κ2) is 6.11. The summed E-state index contributed by atoms with van der Waals surface area (Å²) in [5.74, 6) is 0.0187. The molecule has 1 aromatic heterocycles. The molecule has 18 heavy (non-hydrogen) atoms. The van der Waals surface area contributed by atoms with Crippen LogP contribution in [0.2, 0.25) is 0 Å². The zero-order valence-corrected chi connectivity index (χ0v) is 12.3. The minimum absolute atomic E-state index is 0.0187. The van der Waals surface area contributed by atoms with Crippen LogP contribution in [-0.2, 0) is 17.8 Å². The van der Waals surface area contributed by atoms with Gasteiger partial charge in [0.1, 0.15) is 5.01 Å². The smallest absolute Gasteiger partial charge is 0.224 e. The van der Waals surface area contributed by atoms with E-state index in [2.05, 4.69) is 26.2 Å². The highest BCUT2D eigenvalue weighted by Gasteiger charge is 2.05. The van der Waals surface area contributed by atoms with Crippen LogP contribution in [0.15, 0.2) is 34.9 Å². The van der Waals surface area contributed by atoms with Crippen molar-refractivity contribution in [2.24, 2.45) is 0 Å². The highest BCUT2D eigenvalue weighted by atomic mass is 79.9. The summed E-state index contributed by atoms with van der Waals surface area (Å²) in [6.07, 6.45) is 2.22. The summed E-state index contributed by atoms with van der Waals surface area (Å²) in [5.41, 5.74) is 1.01. The number of aromatic nitrogens is 1. The quantitative estimate of drug-likeness (QED) is 0.939. The average Bonchev–Trinajstić information content (AvgIpc) is 2.76. The van der Waals surface area contributed by atoms with Crippen LogP contribution in [0.25, 0.3) is 0 Å². The van der Waals surface area contributed by atoms with E-state index in [1.807, 2.05) is 37.4 Å². The number of aryl methyl sites for hydroxylation is 1. The molecule has 2 aromatic rings. The molecule has 0 radical (unpaired) electrons. The minimum atomic E-state index is 0.0187. The molecule has 0 spiro atoms. The topological polar surface area (TPSA) is 42.0 Å². The Balaban J connectivity index is 1.83. The molecule has 0 aliphatic heterocycles. The summed E-state index contributed by atoms with van der Waals surface area (Å²) in [5, 5.41) is 3.81. The molecule has 3 nitrogen and oxygen atoms in total. The van der Waals surface area contributed by atoms with Gasteiger partial charge in [-0.2, -0.15) is 0 Å². The molecule has 0 bridgehead atoms. The molecule has 0 unspecified atom stereocenters. The molecule has 1 amide bonds. The molecule has 0 saturated heterocycles. The number of nitrogens with one attached hydrogen (secondary N) is 1. The molecule has 1 N–H and O–H groups in total. The van der Waals surface area contributed by atoms with E-state index in [1.54, 1.807) is 11.3 Å². The van der Waals surface area contributed by atoms with Crippen LogP contribution in [0, 0.1) is 6.92 Å². The Bertz CT molecular complexity index is 536. The van der Waals surface area contributed by atoms with Crippen molar-refractivity contribution in [2.75, 3.05) is 0 Å². The van der Waals surface area contributed by atoms with Crippen molar-refractivity contribution < 1.29 is 4.79 Å². The maximum atomic E-state index is 11.7. The first-order valence-corrected chi connectivity index (χ1v) is 7.17. The van der Waals surface area contributed by atoms with Gasteiger partial charge in [-0.1, -0.05) is 28.1 Å². The first-order chi connectivity index (χ1) is 8.63. The fourth-order valence-electron chi connectivity index (χ4n) is 1.51. The number of rotatable bonds is 4. The molecule has 0 fully saturated rings. The van der Waals surface area contributed by atoms with Crippen LogP contribution < -0.4 is 5.32 Å². The van der Waals surface area contributed by atoms with Crippen LogP contribution in [0.4, 0.5) is 0 Å². The van der Waals surface area contributed by atoms with E-state index < -0.39 is 0 Å². The largest absolute Gasteiger partial charge is 0.349 e. The molecule has 1 heterocycles. The second-order valence-corrected chi connectivity index (χ2v) is 6.18. The van der Waals surface area contributed by atoms with Gasteiger partial charge < -0.3 is 5.32 Å². The Hall–Kier alpha value is -1.20. The third-order valence-electron chi connectivity index (χ3n) is 2.38. The Morgan fingerprint density at radius 1 is 1.39 bits per heavy atom. The van der Waals surface area contributed by atoms with Crippen molar-refractivity contribution in [3.63, 3.8) is 0 Å². The van der Waals surface area contributed by atoms with Crippen molar-refractivity contribution in [3.05, 3.63) is 50.4 Å². The van der Waals surface area contributed by atoms with Gasteiger partial charge in [-0.15, -0.1) is 11.3 Å². The second-order valence-electron chi connectivity index (χ2n) is 3.94. The van der Waals surface area contributed by atoms with Gasteiger partial charge in [0.05, 0.1) is 13.0 Å². The van der Waals surface area contributed by atoms with Gasteiger partial charge in [-0.05, 0) is 24.6 Å². The number of nitrogens with zero attached hydrogens (tertiary/aromatic N) is 1. The number of carbonyl (C=O) groups is 1. The molecule has 0 atom stereocenters. The number of amides is 1. The third kappa shape index (κ3) is 3.92. The standard InChI is InChI=1S/C13H13BrN2OS/c1-9-7-16-13(18-9)8-15-12(17)6-10-2-4-11(14)5-3-10/h2-5,7H,6,8H2,1H3,(H,15,17). The molecule has 0 saturated carbocycles. The third-order valence-corrected chi connectivity index (χ3v) is 3.83. The normalized spacial score (nSPS) is 10.3. The molecule has 94 valence electrons. The summed E-state index contributed by atoms with van der Waals surface area (Å²) < 4.78 is 1.02. The highest BCUT2D eigenvalue weighted by molar-refractivity contribution is 9.10. The lowest BCUT2D eigenvalue weighted by molar-refractivity contribution is -0.120. The predicted octanol–water partition coefficient (Wildman–Crippen LogP) is 3.07. The fraction of sp³-hybridized carbons (Fsp3) is 0.231. The van der Waals surface area contributed by atoms with Gasteiger partial charge in [-0.25, -0.2) is 4.98 Å². The Labute approximate surface area is 118 Å². The van der Waals surface area contributed by atoms with E-state index in [-0.39, 0.29) is 5.91 Å². The summed E-state index contributed by atoms with van der Waals surface area (Å²) in [4.78, 5) is 17.1. The van der Waals surface area contributed by atoms with Crippen molar-refractivity contribution >= 4 is 33.2 Å². The van der Waals surface area contributed by atoms with Crippen LogP contribution in [0.5, 0.6) is 0 Å². The summed E-state index contributed by atoms with van der Waals surface area (Å²) in [6.45, 7) is 2.51. The average molecular weight is 325 g/mol. The molecule has 0 aliphatic carbocycles. The Morgan fingerprint density at radius 2 is 2.11 bits per heavy atom. The van der Waals surface area contributed by atoms with E-state index in [4.69, 9.17) is 0 Å². The maximum Gasteiger partial charge on any atom is 0.224 e. The SMILES string of the molecule is Cc1cnc(CNC(=O)Cc2ccc(Br)cc2)s1. The molecule has 0 aliphatic rings. The number of carbonyl (C=O) groups excluding carboxylic acids is 1. The Kier molecular flexibility index (Phi) is 4.49. The van der Waals surface area contributed by atoms with Gasteiger partial charge >= 0.3 is 0 Å². The van der Waals surface area contributed by atoms with Crippen molar-refractivity contribution in [3.8, 4) is 0 Å². The number of hydrogen-bond acceptors (Lipinski definition) is 3. The summed E-state index contributed by atoms with van der Waals surface area (Å²) in [7, 11) is 0. The number of hydrogen-bond donors (Lipinski definition) is 1. The zero-order valence-electron chi connectivity index (χ0n) is 9.94. The molecule has 5 heteroatoms. The van der Waals surface area contributed by atoms with E-state index >= 15 is 0 Å². The highest BCUT2D eigenvalue weighted by Crippen LogP contribution is 2.12.